The molecule has 2 aromatic heterocycles. The van der Waals surface area contributed by atoms with Crippen molar-refractivity contribution in [1.82, 2.24) is 9.78 Å². The lowest BCUT2D eigenvalue weighted by Crippen LogP contribution is -1.88. The van der Waals surface area contributed by atoms with Crippen molar-refractivity contribution in [1.29, 1.82) is 0 Å². The number of nitrogens with zero attached hydrogens (tertiary/aromatic N) is 2. The third-order valence-electron chi connectivity index (χ3n) is 1.28. The lowest BCUT2D eigenvalue weighted by atomic mass is 10.6. The largest absolute Gasteiger partial charge is 0.228 e. The highest BCUT2D eigenvalue weighted by atomic mass is 32.1. The SMILES string of the molecule is Fc1cnn(-c2cccs2)c1. The molecular weight excluding hydrogens is 163 g/mol. The van der Waals surface area contributed by atoms with E-state index in [9.17, 15) is 4.39 Å². The fourth-order valence-electron chi connectivity index (χ4n) is 0.822. The third kappa shape index (κ3) is 1.17. The highest BCUT2D eigenvalue weighted by molar-refractivity contribution is 7.12. The molecule has 11 heavy (non-hydrogen) atoms. The van der Waals surface area contributed by atoms with Crippen molar-refractivity contribution in [3.05, 3.63) is 35.7 Å². The van der Waals surface area contributed by atoms with Gasteiger partial charge in [-0.3, -0.25) is 0 Å². The second-order valence-corrected chi connectivity index (χ2v) is 2.98. The molecule has 0 aliphatic carbocycles. The molecule has 2 rings (SSSR count). The summed E-state index contributed by atoms with van der Waals surface area (Å²) in [5, 5.41) is 6.66. The molecule has 0 bridgehead atoms. The predicted molar refractivity (Wildman–Crippen MR) is 41.4 cm³/mol. The molecule has 0 saturated carbocycles. The molecule has 0 amide bonds. The Labute approximate surface area is 66.9 Å². The van der Waals surface area contributed by atoms with Crippen molar-refractivity contribution in [3.8, 4) is 5.00 Å². The topological polar surface area (TPSA) is 17.8 Å². The van der Waals surface area contributed by atoms with Crippen LogP contribution in [0.5, 0.6) is 0 Å². The van der Waals surface area contributed by atoms with Gasteiger partial charge in [0.2, 0.25) is 0 Å². The third-order valence-corrected chi connectivity index (χ3v) is 2.14. The molecule has 56 valence electrons. The van der Waals surface area contributed by atoms with Gasteiger partial charge in [-0.1, -0.05) is 0 Å². The summed E-state index contributed by atoms with van der Waals surface area (Å²) in [5.74, 6) is -0.307. The van der Waals surface area contributed by atoms with E-state index < -0.39 is 0 Å². The number of halogens is 1. The van der Waals surface area contributed by atoms with Crippen LogP contribution in [-0.2, 0) is 0 Å². The summed E-state index contributed by atoms with van der Waals surface area (Å²) in [5.41, 5.74) is 0. The molecule has 2 aromatic rings. The van der Waals surface area contributed by atoms with Crippen LogP contribution in [0.4, 0.5) is 4.39 Å². The van der Waals surface area contributed by atoms with Crippen LogP contribution >= 0.6 is 11.3 Å². The van der Waals surface area contributed by atoms with E-state index in [4.69, 9.17) is 0 Å². The van der Waals surface area contributed by atoms with E-state index in [2.05, 4.69) is 5.10 Å². The summed E-state index contributed by atoms with van der Waals surface area (Å²) in [6.45, 7) is 0. The zero-order valence-electron chi connectivity index (χ0n) is 5.57. The highest BCUT2D eigenvalue weighted by Crippen LogP contribution is 2.13. The Bertz CT molecular complexity index is 339. The fraction of sp³-hybridized carbons (Fsp3) is 0. The molecular formula is C7H5FN2S. The Hall–Kier alpha value is -1.16. The van der Waals surface area contributed by atoms with Gasteiger partial charge < -0.3 is 0 Å². The molecule has 0 aliphatic rings. The maximum absolute atomic E-state index is 12.4. The van der Waals surface area contributed by atoms with Crippen molar-refractivity contribution >= 4 is 11.3 Å². The van der Waals surface area contributed by atoms with Gasteiger partial charge in [0.1, 0.15) is 5.00 Å². The van der Waals surface area contributed by atoms with Gasteiger partial charge in [0.25, 0.3) is 0 Å². The van der Waals surface area contributed by atoms with E-state index >= 15 is 0 Å². The average molecular weight is 168 g/mol. The second kappa shape index (κ2) is 2.47. The van der Waals surface area contributed by atoms with Gasteiger partial charge >= 0.3 is 0 Å². The quantitative estimate of drug-likeness (QED) is 0.637. The molecule has 0 spiro atoms. The van der Waals surface area contributed by atoms with Crippen LogP contribution in [0, 0.1) is 5.82 Å². The first-order chi connectivity index (χ1) is 5.36. The molecule has 0 aliphatic heterocycles. The number of aromatic nitrogens is 2. The van der Waals surface area contributed by atoms with E-state index in [0.29, 0.717) is 0 Å². The first-order valence-corrected chi connectivity index (χ1v) is 3.98. The van der Waals surface area contributed by atoms with Crippen LogP contribution in [0.1, 0.15) is 0 Å². The van der Waals surface area contributed by atoms with Crippen LogP contribution in [0.3, 0.4) is 0 Å². The van der Waals surface area contributed by atoms with Crippen molar-refractivity contribution in [2.45, 2.75) is 0 Å². The summed E-state index contributed by atoms with van der Waals surface area (Å²) < 4.78 is 14.0. The fourth-order valence-corrected chi connectivity index (χ4v) is 1.48. The number of thiophene rings is 1. The minimum Gasteiger partial charge on any atom is -0.228 e. The lowest BCUT2D eigenvalue weighted by molar-refractivity contribution is 0.627. The summed E-state index contributed by atoms with van der Waals surface area (Å²) in [7, 11) is 0. The Balaban J connectivity index is 2.45. The molecule has 0 saturated heterocycles. The normalized spacial score (nSPS) is 10.3. The van der Waals surface area contributed by atoms with Gasteiger partial charge in [-0.25, -0.2) is 9.07 Å². The summed E-state index contributed by atoms with van der Waals surface area (Å²) in [6.07, 6.45) is 2.55. The van der Waals surface area contributed by atoms with Gasteiger partial charge in [-0.2, -0.15) is 5.10 Å². The van der Waals surface area contributed by atoms with E-state index in [1.54, 1.807) is 0 Å². The summed E-state index contributed by atoms with van der Waals surface area (Å²) in [4.78, 5) is 0. The Morgan fingerprint density at radius 3 is 3.00 bits per heavy atom. The molecule has 0 radical (unpaired) electrons. The molecule has 0 N–H and O–H groups in total. The number of hydrogen-bond donors (Lipinski definition) is 0. The van der Waals surface area contributed by atoms with Gasteiger partial charge in [-0.05, 0) is 17.5 Å². The van der Waals surface area contributed by atoms with Crippen LogP contribution in [-0.4, -0.2) is 9.78 Å². The zero-order chi connectivity index (χ0) is 7.68. The standard InChI is InChI=1S/C7H5FN2S/c8-6-4-9-10(5-6)7-2-1-3-11-7/h1-5H. The van der Waals surface area contributed by atoms with E-state index in [1.807, 2.05) is 17.5 Å². The van der Waals surface area contributed by atoms with Crippen molar-refractivity contribution < 1.29 is 4.39 Å². The maximum Gasteiger partial charge on any atom is 0.161 e. The maximum atomic E-state index is 12.4. The van der Waals surface area contributed by atoms with Gasteiger partial charge in [0.05, 0.1) is 12.4 Å². The lowest BCUT2D eigenvalue weighted by Gasteiger charge is -1.91. The molecule has 0 atom stereocenters. The Morgan fingerprint density at radius 2 is 2.45 bits per heavy atom. The highest BCUT2D eigenvalue weighted by Gasteiger charge is 1.98. The number of rotatable bonds is 1. The molecule has 0 aromatic carbocycles. The van der Waals surface area contributed by atoms with Crippen LogP contribution < -0.4 is 0 Å². The van der Waals surface area contributed by atoms with Crippen molar-refractivity contribution in [3.63, 3.8) is 0 Å². The first kappa shape index (κ1) is 6.54. The van der Waals surface area contributed by atoms with Crippen LogP contribution in [0.25, 0.3) is 5.00 Å². The molecule has 4 heteroatoms. The minimum atomic E-state index is -0.307. The van der Waals surface area contributed by atoms with Crippen molar-refractivity contribution in [2.24, 2.45) is 0 Å². The molecule has 2 heterocycles. The van der Waals surface area contributed by atoms with Crippen LogP contribution in [0.15, 0.2) is 29.9 Å². The van der Waals surface area contributed by atoms with E-state index in [-0.39, 0.29) is 5.82 Å². The smallest absolute Gasteiger partial charge is 0.161 e. The predicted octanol–water partition coefficient (Wildman–Crippen LogP) is 2.07. The summed E-state index contributed by atoms with van der Waals surface area (Å²) >= 11 is 1.52. The van der Waals surface area contributed by atoms with E-state index in [0.717, 1.165) is 5.00 Å². The van der Waals surface area contributed by atoms with Gasteiger partial charge in [0, 0.05) is 0 Å². The zero-order valence-corrected chi connectivity index (χ0v) is 6.38. The Kier molecular flexibility index (Phi) is 1.47. The average Bonchev–Trinajstić information content (AvgIpc) is 2.55. The molecule has 0 fully saturated rings. The first-order valence-electron chi connectivity index (χ1n) is 3.10. The monoisotopic (exact) mass is 168 g/mol. The Morgan fingerprint density at radius 1 is 1.55 bits per heavy atom. The van der Waals surface area contributed by atoms with E-state index in [1.165, 1.54) is 28.4 Å². The molecule has 0 unspecified atom stereocenters. The van der Waals surface area contributed by atoms with Crippen LogP contribution in [0.2, 0.25) is 0 Å². The summed E-state index contributed by atoms with van der Waals surface area (Å²) in [6, 6.07) is 3.79. The minimum absolute atomic E-state index is 0.307. The molecule has 2 nitrogen and oxygen atoms in total. The number of hydrogen-bond acceptors (Lipinski definition) is 2. The second-order valence-electron chi connectivity index (χ2n) is 2.05. The van der Waals surface area contributed by atoms with Gasteiger partial charge in [-0.15, -0.1) is 11.3 Å². The van der Waals surface area contributed by atoms with Crippen molar-refractivity contribution in [2.75, 3.05) is 0 Å². The van der Waals surface area contributed by atoms with Gasteiger partial charge in [0.15, 0.2) is 5.82 Å².